The van der Waals surface area contributed by atoms with Crippen molar-refractivity contribution in [3.05, 3.63) is 11.6 Å². The summed E-state index contributed by atoms with van der Waals surface area (Å²) >= 11 is 6.00. The summed E-state index contributed by atoms with van der Waals surface area (Å²) in [5.41, 5.74) is 1.60. The van der Waals surface area contributed by atoms with Gasteiger partial charge in [0.1, 0.15) is 0 Å². The molecule has 0 nitrogen and oxygen atoms in total. The fourth-order valence-corrected chi connectivity index (χ4v) is 2.15. The predicted octanol–water partition coefficient (Wildman–Crippen LogP) is 4.14. The molecule has 1 aliphatic carbocycles. The topological polar surface area (TPSA) is 0 Å². The van der Waals surface area contributed by atoms with Crippen molar-refractivity contribution < 1.29 is 0 Å². The lowest BCUT2D eigenvalue weighted by atomic mass is 9.94. The summed E-state index contributed by atoms with van der Waals surface area (Å²) < 4.78 is 0. The fourth-order valence-electron chi connectivity index (χ4n) is 1.86. The second-order valence-electron chi connectivity index (χ2n) is 3.77. The largest absolute Gasteiger partial charge is 0.118 e. The number of alkyl halides is 1. The fraction of sp³-hybridized carbons (Fsp3) is 0.818. The second kappa shape index (κ2) is 4.91. The molecule has 0 saturated carbocycles. The molecule has 1 aliphatic rings. The van der Waals surface area contributed by atoms with Crippen molar-refractivity contribution in [1.82, 2.24) is 0 Å². The smallest absolute Gasteiger partial charge is 0.0521 e. The van der Waals surface area contributed by atoms with E-state index >= 15 is 0 Å². The van der Waals surface area contributed by atoms with Crippen LogP contribution in [0.2, 0.25) is 0 Å². The highest BCUT2D eigenvalue weighted by Crippen LogP contribution is 2.29. The molecule has 0 heterocycles. The monoisotopic (exact) mass is 186 g/mol. The Morgan fingerprint density at radius 2 is 2.17 bits per heavy atom. The minimum Gasteiger partial charge on any atom is -0.118 e. The van der Waals surface area contributed by atoms with E-state index in [2.05, 4.69) is 19.9 Å². The molecule has 12 heavy (non-hydrogen) atoms. The Hall–Kier alpha value is 0.0300. The molecule has 1 heteroatoms. The molecule has 70 valence electrons. The lowest BCUT2D eigenvalue weighted by Gasteiger charge is -2.12. The number of rotatable bonds is 4. The van der Waals surface area contributed by atoms with Gasteiger partial charge in [-0.25, -0.2) is 0 Å². The van der Waals surface area contributed by atoms with Gasteiger partial charge in [0, 0.05) is 0 Å². The Bertz CT molecular complexity index is 156. The van der Waals surface area contributed by atoms with Gasteiger partial charge in [-0.3, -0.25) is 0 Å². The van der Waals surface area contributed by atoms with Crippen molar-refractivity contribution in [2.24, 2.45) is 5.92 Å². The minimum absolute atomic E-state index is 0.328. The SMILES string of the molecule is CCC(CC)CC1=CC(Cl)CC1. The molecule has 0 N–H and O–H groups in total. The Balaban J connectivity index is 2.35. The standard InChI is InChI=1S/C11H19Cl/c1-3-9(4-2)7-10-5-6-11(12)8-10/h8-9,11H,3-7H2,1-2H3. The Labute approximate surface area is 81.0 Å². The van der Waals surface area contributed by atoms with Crippen LogP contribution in [-0.4, -0.2) is 5.38 Å². The molecule has 0 spiro atoms. The van der Waals surface area contributed by atoms with Crippen molar-refractivity contribution in [2.45, 2.75) is 51.3 Å². The molecule has 0 fully saturated rings. The highest BCUT2D eigenvalue weighted by molar-refractivity contribution is 6.22. The third-order valence-electron chi connectivity index (χ3n) is 2.86. The van der Waals surface area contributed by atoms with Gasteiger partial charge in [-0.15, -0.1) is 11.6 Å². The van der Waals surface area contributed by atoms with Gasteiger partial charge in [0.05, 0.1) is 5.38 Å². The van der Waals surface area contributed by atoms with E-state index < -0.39 is 0 Å². The van der Waals surface area contributed by atoms with Gasteiger partial charge in [0.2, 0.25) is 0 Å². The van der Waals surface area contributed by atoms with Crippen molar-refractivity contribution in [3.8, 4) is 0 Å². The van der Waals surface area contributed by atoms with Crippen LogP contribution in [-0.2, 0) is 0 Å². The van der Waals surface area contributed by atoms with Crippen molar-refractivity contribution in [3.63, 3.8) is 0 Å². The average Bonchev–Trinajstić information content (AvgIpc) is 2.47. The lowest BCUT2D eigenvalue weighted by molar-refractivity contribution is 0.484. The summed E-state index contributed by atoms with van der Waals surface area (Å²) in [6.07, 6.45) is 8.57. The van der Waals surface area contributed by atoms with E-state index in [4.69, 9.17) is 11.6 Å². The average molecular weight is 187 g/mol. The zero-order valence-electron chi connectivity index (χ0n) is 8.15. The van der Waals surface area contributed by atoms with Gasteiger partial charge in [-0.2, -0.15) is 0 Å². The molecular weight excluding hydrogens is 168 g/mol. The van der Waals surface area contributed by atoms with Crippen molar-refractivity contribution in [2.75, 3.05) is 0 Å². The molecule has 1 rings (SSSR count). The molecule has 1 atom stereocenters. The van der Waals surface area contributed by atoms with E-state index in [0.29, 0.717) is 5.38 Å². The molecule has 0 aromatic rings. The first-order valence-corrected chi connectivity index (χ1v) is 5.53. The first-order valence-electron chi connectivity index (χ1n) is 5.09. The van der Waals surface area contributed by atoms with E-state index in [1.165, 1.54) is 25.7 Å². The molecule has 1 unspecified atom stereocenters. The highest BCUT2D eigenvalue weighted by Gasteiger charge is 2.15. The summed E-state index contributed by atoms with van der Waals surface area (Å²) in [5.74, 6) is 0.887. The van der Waals surface area contributed by atoms with Crippen LogP contribution in [0.15, 0.2) is 11.6 Å². The number of allylic oxidation sites excluding steroid dienone is 2. The van der Waals surface area contributed by atoms with Crippen LogP contribution in [0.5, 0.6) is 0 Å². The van der Waals surface area contributed by atoms with Crippen LogP contribution in [0, 0.1) is 5.92 Å². The van der Waals surface area contributed by atoms with Crippen molar-refractivity contribution in [1.29, 1.82) is 0 Å². The normalized spacial score (nSPS) is 23.3. The number of hydrogen-bond acceptors (Lipinski definition) is 0. The summed E-state index contributed by atoms with van der Waals surface area (Å²) in [6.45, 7) is 4.56. The molecular formula is C11H19Cl. The summed E-state index contributed by atoms with van der Waals surface area (Å²) in [7, 11) is 0. The Morgan fingerprint density at radius 1 is 1.50 bits per heavy atom. The first-order chi connectivity index (χ1) is 5.76. The zero-order chi connectivity index (χ0) is 8.97. The van der Waals surface area contributed by atoms with Gasteiger partial charge in [-0.1, -0.05) is 38.3 Å². The first kappa shape index (κ1) is 10.1. The van der Waals surface area contributed by atoms with Gasteiger partial charge in [0.15, 0.2) is 0 Å². The predicted molar refractivity (Wildman–Crippen MR) is 55.6 cm³/mol. The van der Waals surface area contributed by atoms with Crippen LogP contribution < -0.4 is 0 Å². The van der Waals surface area contributed by atoms with E-state index in [0.717, 1.165) is 12.3 Å². The molecule has 0 radical (unpaired) electrons. The molecule has 0 saturated heterocycles. The van der Waals surface area contributed by atoms with E-state index in [1.807, 2.05) is 0 Å². The summed E-state index contributed by atoms with van der Waals surface area (Å²) in [6, 6.07) is 0. The molecule has 0 aliphatic heterocycles. The summed E-state index contributed by atoms with van der Waals surface area (Å²) in [5, 5.41) is 0.328. The maximum Gasteiger partial charge on any atom is 0.0521 e. The van der Waals surface area contributed by atoms with E-state index in [9.17, 15) is 0 Å². The Morgan fingerprint density at radius 3 is 2.58 bits per heavy atom. The van der Waals surface area contributed by atoms with Gasteiger partial charge < -0.3 is 0 Å². The quantitative estimate of drug-likeness (QED) is 0.457. The number of halogens is 1. The highest BCUT2D eigenvalue weighted by atomic mass is 35.5. The van der Waals surface area contributed by atoms with E-state index in [1.54, 1.807) is 5.57 Å². The zero-order valence-corrected chi connectivity index (χ0v) is 8.90. The summed E-state index contributed by atoms with van der Waals surface area (Å²) in [4.78, 5) is 0. The number of hydrogen-bond donors (Lipinski definition) is 0. The van der Waals surface area contributed by atoms with Crippen LogP contribution in [0.1, 0.15) is 46.0 Å². The van der Waals surface area contributed by atoms with Crippen LogP contribution >= 0.6 is 11.6 Å². The third kappa shape index (κ3) is 2.82. The van der Waals surface area contributed by atoms with E-state index in [-0.39, 0.29) is 0 Å². The van der Waals surface area contributed by atoms with Gasteiger partial charge >= 0.3 is 0 Å². The maximum absolute atomic E-state index is 6.00. The molecule has 0 aromatic carbocycles. The van der Waals surface area contributed by atoms with Crippen LogP contribution in [0.4, 0.5) is 0 Å². The maximum atomic E-state index is 6.00. The van der Waals surface area contributed by atoms with Crippen molar-refractivity contribution >= 4 is 11.6 Å². The van der Waals surface area contributed by atoms with Gasteiger partial charge in [-0.05, 0) is 25.2 Å². The minimum atomic E-state index is 0.328. The molecule has 0 amide bonds. The molecule has 0 aromatic heterocycles. The Kier molecular flexibility index (Phi) is 4.14. The third-order valence-corrected chi connectivity index (χ3v) is 3.21. The lowest BCUT2D eigenvalue weighted by Crippen LogP contribution is -1.97. The van der Waals surface area contributed by atoms with Crippen LogP contribution in [0.25, 0.3) is 0 Å². The van der Waals surface area contributed by atoms with Crippen LogP contribution in [0.3, 0.4) is 0 Å². The molecule has 0 bridgehead atoms. The second-order valence-corrected chi connectivity index (χ2v) is 4.33. The van der Waals surface area contributed by atoms with Gasteiger partial charge in [0.25, 0.3) is 0 Å².